The highest BCUT2D eigenvalue weighted by atomic mass is 35.5. The van der Waals surface area contributed by atoms with Crippen molar-refractivity contribution >= 4 is 41.1 Å². The van der Waals surface area contributed by atoms with Crippen LogP contribution in [-0.4, -0.2) is 90.7 Å². The number of nitrogens with zero attached hydrogens (tertiary/aromatic N) is 6. The third kappa shape index (κ3) is 7.40. The first kappa shape index (κ1) is 32.0. The number of carbonyl (C=O) groups is 3. The fourth-order valence-corrected chi connectivity index (χ4v) is 6.66. The number of rotatable bonds is 8. The first-order valence-electron chi connectivity index (χ1n) is 15.5. The molecule has 0 bridgehead atoms. The van der Waals surface area contributed by atoms with Gasteiger partial charge in [-0.05, 0) is 96.9 Å². The molecule has 2 fully saturated rings. The Hall–Kier alpha value is -4.91. The Morgan fingerprint density at radius 3 is 2.43 bits per heavy atom. The lowest BCUT2D eigenvalue weighted by Gasteiger charge is -2.48. The van der Waals surface area contributed by atoms with Gasteiger partial charge in [0.05, 0.1) is 11.3 Å². The van der Waals surface area contributed by atoms with E-state index in [1.165, 1.54) is 29.2 Å². The number of carbonyl (C=O) groups excluding carboxylic acids is 2. The number of tetrazole rings is 1. The predicted molar refractivity (Wildman–Crippen MR) is 177 cm³/mol. The molecule has 2 saturated heterocycles. The van der Waals surface area contributed by atoms with Crippen LogP contribution in [0.1, 0.15) is 46.7 Å². The topological polar surface area (TPSA) is 160 Å². The molecule has 13 heteroatoms. The summed E-state index contributed by atoms with van der Waals surface area (Å²) in [5.41, 5.74) is 8.97. The van der Waals surface area contributed by atoms with E-state index in [2.05, 4.69) is 25.7 Å². The Kier molecular flexibility index (Phi) is 9.71. The van der Waals surface area contributed by atoms with Gasteiger partial charge in [0.15, 0.2) is 0 Å². The Morgan fingerprint density at radius 1 is 1.00 bits per heavy atom. The summed E-state index contributed by atoms with van der Waals surface area (Å²) in [5.74, 6) is -2.08. The molecule has 12 nitrogen and oxygen atoms in total. The molecule has 2 amide bonds. The summed E-state index contributed by atoms with van der Waals surface area (Å²) in [5, 5.41) is 24.2. The molecule has 2 aliphatic heterocycles. The van der Waals surface area contributed by atoms with Crippen molar-refractivity contribution in [2.24, 2.45) is 5.73 Å². The number of hydrogen-bond donors (Lipinski definition) is 3. The summed E-state index contributed by atoms with van der Waals surface area (Å²) in [6.45, 7) is 1.97. The summed E-state index contributed by atoms with van der Waals surface area (Å²) in [6, 6.07) is 20.2. The van der Waals surface area contributed by atoms with Crippen LogP contribution in [0.3, 0.4) is 0 Å². The Morgan fingerprint density at radius 2 is 1.74 bits per heavy atom. The van der Waals surface area contributed by atoms with Crippen molar-refractivity contribution < 1.29 is 19.5 Å². The van der Waals surface area contributed by atoms with Gasteiger partial charge in [-0.3, -0.25) is 14.5 Å². The monoisotopic (exact) mass is 654 g/mol. The van der Waals surface area contributed by atoms with Gasteiger partial charge >= 0.3 is 5.97 Å². The van der Waals surface area contributed by atoms with E-state index in [1.54, 1.807) is 41.3 Å². The molecule has 0 aliphatic carbocycles. The normalized spacial score (nSPS) is 20.7. The molecule has 3 heterocycles. The molecular weight excluding hydrogens is 620 g/mol. The number of nitrogens with one attached hydrogen (secondary N) is 1. The number of benzene rings is 3. The number of anilines is 1. The van der Waals surface area contributed by atoms with E-state index in [1.807, 2.05) is 30.3 Å². The van der Waals surface area contributed by atoms with Crippen molar-refractivity contribution in [3.8, 4) is 5.69 Å². The third-order valence-corrected chi connectivity index (χ3v) is 9.15. The first-order valence-corrected chi connectivity index (χ1v) is 15.8. The standard InChI is InChI=1S/C34H35ClN8O4/c35-25-9-12-30(43-21-37-39-40-43)24(18-25)8-13-31(44)42-20-28(41-16-14-26(36)15-17-41)19-29(22-4-2-1-3-5-22)32(42)33(45)38-27-10-6-23(7-11-27)34(46)47/h1-13,18,21,26,28-29,32H,14-17,19-20,36H2,(H,38,45)(H,46,47)/b13-8+/t28-,29-,32-/m0/s1. The van der Waals surface area contributed by atoms with E-state index >= 15 is 0 Å². The zero-order chi connectivity index (χ0) is 32.9. The van der Waals surface area contributed by atoms with E-state index in [9.17, 15) is 19.5 Å². The molecule has 2 aliphatic rings. The van der Waals surface area contributed by atoms with E-state index < -0.39 is 12.0 Å². The van der Waals surface area contributed by atoms with Crippen LogP contribution in [0, 0.1) is 0 Å². The lowest BCUT2D eigenvalue weighted by Crippen LogP contribution is -2.61. The van der Waals surface area contributed by atoms with Crippen LogP contribution >= 0.6 is 11.6 Å². The number of nitrogens with two attached hydrogens (primary N) is 1. The maximum Gasteiger partial charge on any atom is 0.335 e. The zero-order valence-electron chi connectivity index (χ0n) is 25.5. The predicted octanol–water partition coefficient (Wildman–Crippen LogP) is 3.84. The summed E-state index contributed by atoms with van der Waals surface area (Å²) in [6.07, 6.45) is 6.97. The quantitative estimate of drug-likeness (QED) is 0.240. The Labute approximate surface area is 276 Å². The maximum atomic E-state index is 14.3. The average Bonchev–Trinajstić information content (AvgIpc) is 3.62. The molecule has 47 heavy (non-hydrogen) atoms. The molecule has 0 saturated carbocycles. The van der Waals surface area contributed by atoms with Crippen molar-refractivity contribution in [1.29, 1.82) is 0 Å². The van der Waals surface area contributed by atoms with E-state index in [4.69, 9.17) is 17.3 Å². The van der Waals surface area contributed by atoms with Crippen LogP contribution in [0.15, 0.2) is 85.2 Å². The van der Waals surface area contributed by atoms with Gasteiger partial charge in [-0.15, -0.1) is 5.10 Å². The largest absolute Gasteiger partial charge is 0.478 e. The summed E-state index contributed by atoms with van der Waals surface area (Å²) in [7, 11) is 0. The van der Waals surface area contributed by atoms with Crippen molar-refractivity contribution in [3.05, 3.63) is 107 Å². The lowest BCUT2D eigenvalue weighted by atomic mass is 9.80. The summed E-state index contributed by atoms with van der Waals surface area (Å²) >= 11 is 6.32. The Bertz CT molecular complexity index is 1740. The number of amides is 2. The van der Waals surface area contributed by atoms with Gasteiger partial charge in [-0.2, -0.15) is 4.68 Å². The summed E-state index contributed by atoms with van der Waals surface area (Å²) < 4.78 is 1.48. The minimum Gasteiger partial charge on any atom is -0.478 e. The molecular formula is C34H35ClN8O4. The van der Waals surface area contributed by atoms with Gasteiger partial charge in [0.1, 0.15) is 12.4 Å². The molecule has 242 valence electrons. The average molecular weight is 655 g/mol. The maximum absolute atomic E-state index is 14.3. The highest BCUT2D eigenvalue weighted by Crippen LogP contribution is 2.37. The smallest absolute Gasteiger partial charge is 0.335 e. The van der Waals surface area contributed by atoms with Crippen LogP contribution < -0.4 is 11.1 Å². The zero-order valence-corrected chi connectivity index (χ0v) is 26.3. The van der Waals surface area contributed by atoms with E-state index in [-0.39, 0.29) is 35.4 Å². The highest BCUT2D eigenvalue weighted by molar-refractivity contribution is 6.30. The van der Waals surface area contributed by atoms with Gasteiger partial charge in [0.2, 0.25) is 11.8 Å². The number of aromatic nitrogens is 4. The lowest BCUT2D eigenvalue weighted by molar-refractivity contribution is -0.139. The number of carboxylic acid groups (broad SMARTS) is 1. The number of hydrogen-bond acceptors (Lipinski definition) is 8. The molecule has 3 atom stereocenters. The minimum atomic E-state index is -1.06. The second kappa shape index (κ2) is 14.2. The van der Waals surface area contributed by atoms with E-state index in [0.717, 1.165) is 31.5 Å². The molecule has 4 aromatic rings. The van der Waals surface area contributed by atoms with Crippen molar-refractivity contribution in [1.82, 2.24) is 30.0 Å². The molecule has 1 aromatic heterocycles. The fraction of sp³-hybridized carbons (Fsp3) is 0.294. The first-order chi connectivity index (χ1) is 22.8. The van der Waals surface area contributed by atoms with Crippen molar-refractivity contribution in [2.75, 3.05) is 25.0 Å². The van der Waals surface area contributed by atoms with Crippen LogP contribution in [-0.2, 0) is 9.59 Å². The highest BCUT2D eigenvalue weighted by Gasteiger charge is 2.44. The molecule has 0 spiro atoms. The molecule has 6 rings (SSSR count). The van der Waals surface area contributed by atoms with Crippen LogP contribution in [0.4, 0.5) is 5.69 Å². The third-order valence-electron chi connectivity index (χ3n) is 8.91. The number of halogens is 1. The SMILES string of the molecule is NC1CCN([C@H]2C[C@@H](c3ccccc3)[C@@H](C(=O)Nc3ccc(C(=O)O)cc3)N(C(=O)/C=C/c3cc(Cl)ccc3-n3cnnn3)C2)CC1. The van der Waals surface area contributed by atoms with Crippen LogP contribution in [0.5, 0.6) is 0 Å². The minimum absolute atomic E-state index is 0.00640. The Balaban J connectivity index is 1.36. The van der Waals surface area contributed by atoms with Gasteiger partial charge < -0.3 is 21.1 Å². The van der Waals surface area contributed by atoms with Gasteiger partial charge in [-0.1, -0.05) is 41.9 Å². The van der Waals surface area contributed by atoms with Crippen LogP contribution in [0.25, 0.3) is 11.8 Å². The fourth-order valence-electron chi connectivity index (χ4n) is 6.48. The molecule has 4 N–H and O–H groups in total. The number of likely N-dealkylation sites (tertiary alicyclic amines) is 2. The second-order valence-electron chi connectivity index (χ2n) is 11.9. The molecule has 3 aromatic carbocycles. The molecule has 0 unspecified atom stereocenters. The van der Waals surface area contributed by atoms with Crippen LogP contribution in [0.2, 0.25) is 5.02 Å². The van der Waals surface area contributed by atoms with E-state index in [0.29, 0.717) is 34.9 Å². The van der Waals surface area contributed by atoms with Gasteiger partial charge in [-0.25, -0.2) is 4.79 Å². The number of piperidine rings is 2. The van der Waals surface area contributed by atoms with Gasteiger partial charge in [0, 0.05) is 46.9 Å². The second-order valence-corrected chi connectivity index (χ2v) is 12.3. The van der Waals surface area contributed by atoms with Gasteiger partial charge in [0.25, 0.3) is 0 Å². The van der Waals surface area contributed by atoms with Crippen molar-refractivity contribution in [3.63, 3.8) is 0 Å². The number of aromatic carboxylic acids is 1. The molecule has 0 radical (unpaired) electrons. The number of carboxylic acids is 1. The summed E-state index contributed by atoms with van der Waals surface area (Å²) in [4.78, 5) is 43.9. The van der Waals surface area contributed by atoms with Crippen molar-refractivity contribution in [2.45, 2.75) is 43.3 Å².